The van der Waals surface area contributed by atoms with Gasteiger partial charge in [0.05, 0.1) is 0 Å². The van der Waals surface area contributed by atoms with Gasteiger partial charge < -0.3 is 0 Å². The molecular formula is C23H42. The Kier molecular flexibility index (Phi) is 13.4. The van der Waals surface area contributed by atoms with Crippen molar-refractivity contribution in [1.29, 1.82) is 0 Å². The first kappa shape index (κ1) is 20.5. The van der Waals surface area contributed by atoms with Gasteiger partial charge in [-0.2, -0.15) is 0 Å². The smallest absolute Gasteiger partial charge is 0.0194 e. The van der Waals surface area contributed by atoms with Crippen molar-refractivity contribution in [3.05, 3.63) is 24.3 Å². The SMILES string of the molecule is C=CCCCCCCCCCCCCCCCCC=C1CC1C. The second-order valence-corrected chi connectivity index (χ2v) is 7.70. The molecule has 0 aromatic heterocycles. The van der Waals surface area contributed by atoms with Crippen LogP contribution in [-0.2, 0) is 0 Å². The fourth-order valence-electron chi connectivity index (χ4n) is 3.42. The molecule has 1 fully saturated rings. The van der Waals surface area contributed by atoms with Crippen LogP contribution in [-0.4, -0.2) is 0 Å². The van der Waals surface area contributed by atoms with Crippen molar-refractivity contribution in [2.45, 2.75) is 116 Å². The summed E-state index contributed by atoms with van der Waals surface area (Å²) in [4.78, 5) is 0. The van der Waals surface area contributed by atoms with Crippen LogP contribution in [0.1, 0.15) is 116 Å². The van der Waals surface area contributed by atoms with E-state index in [0.717, 1.165) is 5.92 Å². The first-order chi connectivity index (χ1) is 11.3. The van der Waals surface area contributed by atoms with Crippen LogP contribution in [0.2, 0.25) is 0 Å². The Morgan fingerprint density at radius 2 is 1.04 bits per heavy atom. The molecule has 23 heavy (non-hydrogen) atoms. The normalized spacial score (nSPS) is 18.5. The molecule has 0 aliphatic heterocycles. The van der Waals surface area contributed by atoms with E-state index in [1.165, 1.54) is 109 Å². The predicted molar refractivity (Wildman–Crippen MR) is 106 cm³/mol. The van der Waals surface area contributed by atoms with Crippen molar-refractivity contribution < 1.29 is 0 Å². The average molecular weight is 319 g/mol. The fraction of sp³-hybridized carbons (Fsp3) is 0.826. The van der Waals surface area contributed by atoms with Gasteiger partial charge in [-0.25, -0.2) is 0 Å². The third-order valence-corrected chi connectivity index (χ3v) is 5.28. The minimum Gasteiger partial charge on any atom is -0.103 e. The molecule has 1 unspecified atom stereocenters. The highest BCUT2D eigenvalue weighted by Crippen LogP contribution is 2.37. The Morgan fingerprint density at radius 1 is 0.696 bits per heavy atom. The maximum atomic E-state index is 3.78. The largest absolute Gasteiger partial charge is 0.103 e. The summed E-state index contributed by atoms with van der Waals surface area (Å²) in [5.74, 6) is 0.923. The quantitative estimate of drug-likeness (QED) is 0.186. The highest BCUT2D eigenvalue weighted by atomic mass is 14.3. The number of hydrogen-bond acceptors (Lipinski definition) is 0. The monoisotopic (exact) mass is 318 g/mol. The molecule has 0 amide bonds. The first-order valence-electron chi connectivity index (χ1n) is 10.6. The summed E-state index contributed by atoms with van der Waals surface area (Å²) in [7, 11) is 0. The van der Waals surface area contributed by atoms with Crippen molar-refractivity contribution in [2.75, 3.05) is 0 Å². The standard InChI is InChI=1S/C23H42/c1-3-4-5-6-7-8-9-10-11-12-13-14-15-16-17-18-19-20-23-21-22(23)2/h3,20,22H,1,4-19,21H2,2H3. The molecule has 0 radical (unpaired) electrons. The Hall–Kier alpha value is -0.520. The molecule has 0 heteroatoms. The van der Waals surface area contributed by atoms with Gasteiger partial charge in [-0.15, -0.1) is 6.58 Å². The Labute approximate surface area is 146 Å². The summed E-state index contributed by atoms with van der Waals surface area (Å²) >= 11 is 0. The van der Waals surface area contributed by atoms with Gasteiger partial charge >= 0.3 is 0 Å². The summed E-state index contributed by atoms with van der Waals surface area (Å²) in [5, 5.41) is 0. The maximum Gasteiger partial charge on any atom is -0.0194 e. The van der Waals surface area contributed by atoms with E-state index in [1.807, 2.05) is 6.08 Å². The molecular weight excluding hydrogens is 276 g/mol. The van der Waals surface area contributed by atoms with E-state index in [2.05, 4.69) is 19.6 Å². The van der Waals surface area contributed by atoms with Gasteiger partial charge in [0.15, 0.2) is 0 Å². The molecule has 1 aliphatic rings. The van der Waals surface area contributed by atoms with Crippen LogP contribution in [0, 0.1) is 5.92 Å². The van der Waals surface area contributed by atoms with E-state index >= 15 is 0 Å². The molecule has 0 bridgehead atoms. The van der Waals surface area contributed by atoms with Crippen LogP contribution in [0.5, 0.6) is 0 Å². The lowest BCUT2D eigenvalue weighted by atomic mass is 10.0. The zero-order chi connectivity index (χ0) is 16.6. The van der Waals surface area contributed by atoms with Gasteiger partial charge in [0, 0.05) is 0 Å². The van der Waals surface area contributed by atoms with Crippen LogP contribution < -0.4 is 0 Å². The van der Waals surface area contributed by atoms with E-state index in [-0.39, 0.29) is 0 Å². The van der Waals surface area contributed by atoms with Crippen molar-refractivity contribution in [1.82, 2.24) is 0 Å². The second kappa shape index (κ2) is 15.0. The Morgan fingerprint density at radius 3 is 1.39 bits per heavy atom. The lowest BCUT2D eigenvalue weighted by Crippen LogP contribution is -1.83. The van der Waals surface area contributed by atoms with Crippen molar-refractivity contribution in [3.63, 3.8) is 0 Å². The van der Waals surface area contributed by atoms with E-state index in [1.54, 1.807) is 5.57 Å². The highest BCUT2D eigenvalue weighted by Gasteiger charge is 2.22. The molecule has 0 N–H and O–H groups in total. The minimum atomic E-state index is 0.923. The Balaban J connectivity index is 1.65. The molecule has 0 saturated heterocycles. The topological polar surface area (TPSA) is 0 Å². The zero-order valence-electron chi connectivity index (χ0n) is 16.0. The van der Waals surface area contributed by atoms with Gasteiger partial charge in [0.1, 0.15) is 0 Å². The molecule has 0 nitrogen and oxygen atoms in total. The van der Waals surface area contributed by atoms with Crippen LogP contribution >= 0.6 is 0 Å². The lowest BCUT2D eigenvalue weighted by molar-refractivity contribution is 0.534. The summed E-state index contributed by atoms with van der Waals surface area (Å²) < 4.78 is 0. The Bertz CT molecular complexity index is 299. The van der Waals surface area contributed by atoms with Gasteiger partial charge in [-0.3, -0.25) is 0 Å². The summed E-state index contributed by atoms with van der Waals surface area (Å²) in [6, 6.07) is 0. The van der Waals surface area contributed by atoms with Gasteiger partial charge in [0.25, 0.3) is 0 Å². The van der Waals surface area contributed by atoms with E-state index in [9.17, 15) is 0 Å². The highest BCUT2D eigenvalue weighted by molar-refractivity contribution is 5.21. The number of unbranched alkanes of at least 4 members (excludes halogenated alkanes) is 15. The molecule has 0 aromatic rings. The van der Waals surface area contributed by atoms with Crippen LogP contribution in [0.15, 0.2) is 24.3 Å². The second-order valence-electron chi connectivity index (χ2n) is 7.70. The average Bonchev–Trinajstić information content (AvgIpc) is 3.26. The van der Waals surface area contributed by atoms with Gasteiger partial charge in [-0.1, -0.05) is 102 Å². The summed E-state index contributed by atoms with van der Waals surface area (Å²) in [5.41, 5.74) is 1.72. The summed E-state index contributed by atoms with van der Waals surface area (Å²) in [6.07, 6.45) is 28.7. The molecule has 1 saturated carbocycles. The van der Waals surface area contributed by atoms with Crippen LogP contribution in [0.3, 0.4) is 0 Å². The molecule has 1 aliphatic carbocycles. The van der Waals surface area contributed by atoms with E-state index < -0.39 is 0 Å². The summed E-state index contributed by atoms with van der Waals surface area (Å²) in [6.45, 7) is 6.12. The van der Waals surface area contributed by atoms with Crippen molar-refractivity contribution in [3.8, 4) is 0 Å². The van der Waals surface area contributed by atoms with Crippen molar-refractivity contribution in [2.24, 2.45) is 5.92 Å². The first-order valence-corrected chi connectivity index (χ1v) is 10.6. The fourth-order valence-corrected chi connectivity index (χ4v) is 3.42. The minimum absolute atomic E-state index is 0.923. The molecule has 1 rings (SSSR count). The van der Waals surface area contributed by atoms with Gasteiger partial charge in [-0.05, 0) is 38.0 Å². The molecule has 0 spiro atoms. The van der Waals surface area contributed by atoms with Crippen molar-refractivity contribution >= 4 is 0 Å². The molecule has 0 aromatic carbocycles. The lowest BCUT2D eigenvalue weighted by Gasteiger charge is -2.03. The van der Waals surface area contributed by atoms with E-state index in [4.69, 9.17) is 0 Å². The number of hydrogen-bond donors (Lipinski definition) is 0. The molecule has 134 valence electrons. The van der Waals surface area contributed by atoms with Crippen LogP contribution in [0.4, 0.5) is 0 Å². The molecule has 1 atom stereocenters. The number of rotatable bonds is 17. The predicted octanol–water partition coefficient (Wildman–Crippen LogP) is 8.38. The third-order valence-electron chi connectivity index (χ3n) is 5.28. The third kappa shape index (κ3) is 13.6. The van der Waals surface area contributed by atoms with Gasteiger partial charge in [0.2, 0.25) is 0 Å². The maximum absolute atomic E-state index is 3.78. The van der Waals surface area contributed by atoms with Crippen LogP contribution in [0.25, 0.3) is 0 Å². The molecule has 0 heterocycles. The van der Waals surface area contributed by atoms with E-state index in [0.29, 0.717) is 0 Å². The zero-order valence-corrected chi connectivity index (χ0v) is 16.0. The number of allylic oxidation sites excluding steroid dienone is 3.